The molecule has 0 unspecified atom stereocenters. The van der Waals surface area contributed by atoms with Crippen molar-refractivity contribution in [2.24, 2.45) is 11.6 Å². The van der Waals surface area contributed by atoms with Gasteiger partial charge in [-0.3, -0.25) is 5.01 Å². The topological polar surface area (TPSA) is 91.9 Å². The lowest BCUT2D eigenvalue weighted by Gasteiger charge is -2.34. The van der Waals surface area contributed by atoms with E-state index in [-0.39, 0.29) is 6.61 Å². The first kappa shape index (κ1) is 19.0. The van der Waals surface area contributed by atoms with Gasteiger partial charge in [0.05, 0.1) is 30.8 Å². The van der Waals surface area contributed by atoms with Gasteiger partial charge in [-0.25, -0.2) is 11.0 Å². The smallest absolute Gasteiger partial charge is 0.108 e. The largest absolute Gasteiger partial charge is 0.469 e. The molecule has 0 bridgehead atoms. The molecule has 0 saturated carbocycles. The maximum Gasteiger partial charge on any atom is 0.108 e. The van der Waals surface area contributed by atoms with E-state index in [0.29, 0.717) is 13.1 Å². The van der Waals surface area contributed by atoms with Crippen molar-refractivity contribution in [2.75, 3.05) is 29.8 Å². The summed E-state index contributed by atoms with van der Waals surface area (Å²) in [7, 11) is 0. The summed E-state index contributed by atoms with van der Waals surface area (Å²) in [6.45, 7) is 1.00. The number of rotatable bonds is 9. The van der Waals surface area contributed by atoms with Crippen LogP contribution in [0, 0.1) is 0 Å². The Bertz CT molecular complexity index is 801. The second kappa shape index (κ2) is 9.23. The lowest BCUT2D eigenvalue weighted by atomic mass is 10.1. The molecular formula is C21H26N4O2. The Labute approximate surface area is 159 Å². The Balaban J connectivity index is 1.74. The fourth-order valence-corrected chi connectivity index (χ4v) is 2.98. The molecule has 0 spiro atoms. The highest BCUT2D eigenvalue weighted by Crippen LogP contribution is 2.22. The highest BCUT2D eigenvalue weighted by Gasteiger charge is 2.14. The number of hydrogen-bond donors (Lipinski definition) is 3. The van der Waals surface area contributed by atoms with Gasteiger partial charge in [0, 0.05) is 6.42 Å². The molecule has 0 saturated heterocycles. The third kappa shape index (κ3) is 4.89. The first-order valence-corrected chi connectivity index (χ1v) is 9.04. The van der Waals surface area contributed by atoms with E-state index in [4.69, 9.17) is 16.0 Å². The van der Waals surface area contributed by atoms with Crippen LogP contribution in [0.3, 0.4) is 0 Å². The minimum absolute atomic E-state index is 0.00513. The molecule has 0 amide bonds. The van der Waals surface area contributed by atoms with Crippen LogP contribution in [0.4, 0.5) is 11.4 Å². The van der Waals surface area contributed by atoms with E-state index in [2.05, 4.69) is 0 Å². The molecule has 0 aliphatic rings. The molecule has 6 nitrogen and oxygen atoms in total. The Morgan fingerprint density at radius 1 is 0.889 bits per heavy atom. The normalized spacial score (nSPS) is 10.8. The van der Waals surface area contributed by atoms with Crippen LogP contribution >= 0.6 is 0 Å². The number of nitrogens with two attached hydrogens (primary N) is 2. The standard InChI is InChI=1S/C21H26N4O2/c22-12-11-17-3-7-19(8-4-17)24(13-14-26)25(23)20-9-5-18(6-10-20)16-21-2-1-15-27-21/h1-10,15,26H,11-14,16,22-23H2. The summed E-state index contributed by atoms with van der Waals surface area (Å²) in [4.78, 5) is 0. The molecule has 0 fully saturated rings. The number of nitrogens with zero attached hydrogens (tertiary/aromatic N) is 2. The van der Waals surface area contributed by atoms with E-state index in [9.17, 15) is 5.11 Å². The molecule has 27 heavy (non-hydrogen) atoms. The number of hydrazine groups is 2. The highest BCUT2D eigenvalue weighted by atomic mass is 16.3. The van der Waals surface area contributed by atoms with Crippen molar-refractivity contribution in [3.63, 3.8) is 0 Å². The zero-order valence-electron chi connectivity index (χ0n) is 15.3. The highest BCUT2D eigenvalue weighted by molar-refractivity contribution is 5.57. The molecule has 1 aromatic heterocycles. The van der Waals surface area contributed by atoms with E-state index in [1.54, 1.807) is 11.4 Å². The lowest BCUT2D eigenvalue weighted by Crippen LogP contribution is -2.49. The third-order valence-corrected chi connectivity index (χ3v) is 4.40. The van der Waals surface area contributed by atoms with Crippen LogP contribution in [0.15, 0.2) is 71.3 Å². The predicted molar refractivity (Wildman–Crippen MR) is 108 cm³/mol. The van der Waals surface area contributed by atoms with E-state index in [0.717, 1.165) is 35.5 Å². The van der Waals surface area contributed by atoms with Gasteiger partial charge in [-0.15, -0.1) is 0 Å². The molecule has 0 radical (unpaired) electrons. The number of furan rings is 1. The molecule has 1 heterocycles. The minimum Gasteiger partial charge on any atom is -0.469 e. The van der Waals surface area contributed by atoms with Gasteiger partial charge in [0.15, 0.2) is 0 Å². The van der Waals surface area contributed by atoms with Gasteiger partial charge in [0.2, 0.25) is 0 Å². The second-order valence-electron chi connectivity index (χ2n) is 6.32. The minimum atomic E-state index is -0.00513. The molecule has 3 aromatic rings. The molecule has 0 aliphatic carbocycles. The van der Waals surface area contributed by atoms with Crippen molar-refractivity contribution in [1.82, 2.24) is 0 Å². The van der Waals surface area contributed by atoms with Gasteiger partial charge in [-0.1, -0.05) is 24.3 Å². The average molecular weight is 366 g/mol. The van der Waals surface area contributed by atoms with E-state index >= 15 is 0 Å². The van der Waals surface area contributed by atoms with Crippen LogP contribution in [-0.2, 0) is 12.8 Å². The molecule has 6 heteroatoms. The first-order chi connectivity index (χ1) is 13.2. The van der Waals surface area contributed by atoms with Crippen LogP contribution in [0.5, 0.6) is 0 Å². The first-order valence-electron chi connectivity index (χ1n) is 9.04. The summed E-state index contributed by atoms with van der Waals surface area (Å²) in [6.07, 6.45) is 3.25. The molecule has 142 valence electrons. The summed E-state index contributed by atoms with van der Waals surface area (Å²) >= 11 is 0. The Kier molecular flexibility index (Phi) is 6.49. The third-order valence-electron chi connectivity index (χ3n) is 4.40. The summed E-state index contributed by atoms with van der Waals surface area (Å²) in [5.74, 6) is 7.27. The van der Waals surface area contributed by atoms with Crippen molar-refractivity contribution < 1.29 is 9.52 Å². The maximum absolute atomic E-state index is 9.47. The number of aliphatic hydroxyl groups excluding tert-OH is 1. The fourth-order valence-electron chi connectivity index (χ4n) is 2.98. The summed E-state index contributed by atoms with van der Waals surface area (Å²) in [6, 6.07) is 19.9. The monoisotopic (exact) mass is 366 g/mol. The lowest BCUT2D eigenvalue weighted by molar-refractivity contribution is 0.300. The van der Waals surface area contributed by atoms with E-state index in [1.165, 1.54) is 5.56 Å². The number of hydrogen-bond acceptors (Lipinski definition) is 6. The van der Waals surface area contributed by atoms with Gasteiger partial charge < -0.3 is 15.3 Å². The van der Waals surface area contributed by atoms with Crippen LogP contribution in [0.2, 0.25) is 0 Å². The summed E-state index contributed by atoms with van der Waals surface area (Å²) < 4.78 is 5.39. The van der Waals surface area contributed by atoms with Crippen LogP contribution in [0.1, 0.15) is 16.9 Å². The van der Waals surface area contributed by atoms with Gasteiger partial charge >= 0.3 is 0 Å². The van der Waals surface area contributed by atoms with Crippen molar-refractivity contribution in [3.8, 4) is 0 Å². The van der Waals surface area contributed by atoms with Gasteiger partial charge in [-0.2, -0.15) is 0 Å². The zero-order valence-corrected chi connectivity index (χ0v) is 15.3. The van der Waals surface area contributed by atoms with Crippen LogP contribution in [-0.4, -0.2) is 24.8 Å². The second-order valence-corrected chi connectivity index (χ2v) is 6.32. The molecular weight excluding hydrogens is 340 g/mol. The van der Waals surface area contributed by atoms with Crippen LogP contribution in [0.25, 0.3) is 0 Å². The summed E-state index contributed by atoms with van der Waals surface area (Å²) in [5, 5.41) is 12.9. The number of anilines is 2. The Morgan fingerprint density at radius 2 is 1.56 bits per heavy atom. The molecule has 2 aromatic carbocycles. The van der Waals surface area contributed by atoms with Gasteiger partial charge in [-0.05, 0) is 60.5 Å². The van der Waals surface area contributed by atoms with Crippen molar-refractivity contribution in [3.05, 3.63) is 83.8 Å². The van der Waals surface area contributed by atoms with Crippen LogP contribution < -0.4 is 21.7 Å². The Morgan fingerprint density at radius 3 is 2.15 bits per heavy atom. The molecule has 0 aliphatic heterocycles. The number of benzene rings is 2. The zero-order chi connectivity index (χ0) is 19.1. The maximum atomic E-state index is 9.47. The van der Waals surface area contributed by atoms with Gasteiger partial charge in [0.1, 0.15) is 5.76 Å². The van der Waals surface area contributed by atoms with E-state index in [1.807, 2.05) is 65.7 Å². The summed E-state index contributed by atoms with van der Waals surface area (Å²) in [5.41, 5.74) is 9.67. The average Bonchev–Trinajstić information content (AvgIpc) is 3.20. The Hall–Kier alpha value is -2.80. The molecule has 0 atom stereocenters. The number of aliphatic hydroxyl groups is 1. The molecule has 5 N–H and O–H groups in total. The fraction of sp³-hybridized carbons (Fsp3) is 0.238. The van der Waals surface area contributed by atoms with Crippen molar-refractivity contribution in [1.29, 1.82) is 0 Å². The predicted octanol–water partition coefficient (Wildman–Crippen LogP) is 2.47. The van der Waals surface area contributed by atoms with Gasteiger partial charge in [0.25, 0.3) is 0 Å². The van der Waals surface area contributed by atoms with E-state index < -0.39 is 0 Å². The van der Waals surface area contributed by atoms with Crippen molar-refractivity contribution in [2.45, 2.75) is 12.8 Å². The van der Waals surface area contributed by atoms with Crippen molar-refractivity contribution >= 4 is 11.4 Å². The SMILES string of the molecule is NCCc1ccc(N(CCO)N(N)c2ccc(Cc3ccco3)cc2)cc1. The molecule has 3 rings (SSSR count). The quantitative estimate of drug-likeness (QED) is 0.398.